The number of hydrogen-bond acceptors (Lipinski definition) is 1. The molecule has 0 aromatic carbocycles. The SMILES string of the molecule is C=C(C)[C@@H]1CCCN(C(=O)CC)C1. The Morgan fingerprint density at radius 2 is 2.31 bits per heavy atom. The van der Waals surface area contributed by atoms with E-state index in [1.165, 1.54) is 12.0 Å². The smallest absolute Gasteiger partial charge is 0.222 e. The predicted octanol–water partition coefficient (Wildman–Crippen LogP) is 2.21. The summed E-state index contributed by atoms with van der Waals surface area (Å²) in [5.41, 5.74) is 1.22. The topological polar surface area (TPSA) is 20.3 Å². The van der Waals surface area contributed by atoms with Gasteiger partial charge < -0.3 is 4.90 Å². The number of nitrogens with zero attached hydrogens (tertiary/aromatic N) is 1. The first-order valence-corrected chi connectivity index (χ1v) is 5.08. The van der Waals surface area contributed by atoms with Crippen molar-refractivity contribution < 1.29 is 4.79 Å². The van der Waals surface area contributed by atoms with Crippen LogP contribution in [0, 0.1) is 5.92 Å². The molecule has 74 valence electrons. The number of carbonyl (C=O) groups is 1. The second-order valence-electron chi connectivity index (χ2n) is 3.88. The summed E-state index contributed by atoms with van der Waals surface area (Å²) in [4.78, 5) is 13.4. The summed E-state index contributed by atoms with van der Waals surface area (Å²) in [5, 5.41) is 0. The van der Waals surface area contributed by atoms with Gasteiger partial charge in [-0.05, 0) is 25.7 Å². The standard InChI is InChI=1S/C11H19NO/c1-4-11(13)12-7-5-6-10(8-12)9(2)3/h10H,2,4-8H2,1,3H3/t10-/m1/s1. The quantitative estimate of drug-likeness (QED) is 0.598. The lowest BCUT2D eigenvalue weighted by atomic mass is 9.92. The van der Waals surface area contributed by atoms with E-state index in [2.05, 4.69) is 13.5 Å². The van der Waals surface area contributed by atoms with E-state index >= 15 is 0 Å². The highest BCUT2D eigenvalue weighted by atomic mass is 16.2. The second-order valence-corrected chi connectivity index (χ2v) is 3.88. The van der Waals surface area contributed by atoms with Gasteiger partial charge in [0.2, 0.25) is 5.91 Å². The zero-order chi connectivity index (χ0) is 9.84. The number of hydrogen-bond donors (Lipinski definition) is 0. The molecule has 1 aliphatic heterocycles. The van der Waals surface area contributed by atoms with Crippen molar-refractivity contribution in [3.8, 4) is 0 Å². The van der Waals surface area contributed by atoms with Gasteiger partial charge in [0.25, 0.3) is 0 Å². The Bertz CT molecular complexity index is 210. The molecule has 1 rings (SSSR count). The van der Waals surface area contributed by atoms with Crippen molar-refractivity contribution in [3.63, 3.8) is 0 Å². The molecule has 0 radical (unpaired) electrons. The fourth-order valence-electron chi connectivity index (χ4n) is 1.83. The number of piperidine rings is 1. The summed E-state index contributed by atoms with van der Waals surface area (Å²) >= 11 is 0. The fourth-order valence-corrected chi connectivity index (χ4v) is 1.83. The third kappa shape index (κ3) is 2.58. The largest absolute Gasteiger partial charge is 0.342 e. The molecule has 0 unspecified atom stereocenters. The third-order valence-corrected chi connectivity index (χ3v) is 2.77. The van der Waals surface area contributed by atoms with Crippen LogP contribution in [0.15, 0.2) is 12.2 Å². The van der Waals surface area contributed by atoms with Crippen LogP contribution in [0.2, 0.25) is 0 Å². The van der Waals surface area contributed by atoms with E-state index in [-0.39, 0.29) is 5.91 Å². The summed E-state index contributed by atoms with van der Waals surface area (Å²) in [6.07, 6.45) is 2.95. The number of carbonyl (C=O) groups excluding carboxylic acids is 1. The molecule has 0 bridgehead atoms. The zero-order valence-electron chi connectivity index (χ0n) is 8.68. The Labute approximate surface area is 80.6 Å². The highest BCUT2D eigenvalue weighted by molar-refractivity contribution is 5.75. The molecule has 1 amide bonds. The predicted molar refractivity (Wildman–Crippen MR) is 54.4 cm³/mol. The van der Waals surface area contributed by atoms with Gasteiger partial charge >= 0.3 is 0 Å². The molecule has 0 spiro atoms. The van der Waals surface area contributed by atoms with E-state index in [1.807, 2.05) is 11.8 Å². The van der Waals surface area contributed by atoms with Gasteiger partial charge in [-0.25, -0.2) is 0 Å². The van der Waals surface area contributed by atoms with Crippen molar-refractivity contribution in [1.29, 1.82) is 0 Å². The Morgan fingerprint density at radius 3 is 2.85 bits per heavy atom. The molecule has 2 heteroatoms. The Balaban J connectivity index is 2.51. The summed E-state index contributed by atoms with van der Waals surface area (Å²) < 4.78 is 0. The zero-order valence-corrected chi connectivity index (χ0v) is 8.68. The maximum Gasteiger partial charge on any atom is 0.222 e. The van der Waals surface area contributed by atoms with Crippen LogP contribution in [0.1, 0.15) is 33.1 Å². The van der Waals surface area contributed by atoms with Crippen LogP contribution in [0.3, 0.4) is 0 Å². The number of rotatable bonds is 2. The van der Waals surface area contributed by atoms with Crippen molar-refractivity contribution in [2.24, 2.45) is 5.92 Å². The molecule has 2 nitrogen and oxygen atoms in total. The summed E-state index contributed by atoms with van der Waals surface area (Å²) in [7, 11) is 0. The fraction of sp³-hybridized carbons (Fsp3) is 0.727. The summed E-state index contributed by atoms with van der Waals surface area (Å²) in [5.74, 6) is 0.815. The molecule has 0 aromatic heterocycles. The van der Waals surface area contributed by atoms with Crippen LogP contribution >= 0.6 is 0 Å². The van der Waals surface area contributed by atoms with E-state index in [1.54, 1.807) is 0 Å². The van der Waals surface area contributed by atoms with Crippen molar-refractivity contribution in [2.75, 3.05) is 13.1 Å². The highest BCUT2D eigenvalue weighted by Crippen LogP contribution is 2.22. The van der Waals surface area contributed by atoms with Crippen molar-refractivity contribution in [1.82, 2.24) is 4.90 Å². The number of likely N-dealkylation sites (tertiary alicyclic amines) is 1. The lowest BCUT2D eigenvalue weighted by Crippen LogP contribution is -2.39. The van der Waals surface area contributed by atoms with Gasteiger partial charge in [0.1, 0.15) is 0 Å². The minimum atomic E-state index is 0.283. The van der Waals surface area contributed by atoms with Crippen molar-refractivity contribution in [3.05, 3.63) is 12.2 Å². The van der Waals surface area contributed by atoms with E-state index in [0.29, 0.717) is 12.3 Å². The lowest BCUT2D eigenvalue weighted by molar-refractivity contribution is -0.132. The second kappa shape index (κ2) is 4.45. The first-order chi connectivity index (χ1) is 6.15. The summed E-state index contributed by atoms with van der Waals surface area (Å²) in [6.45, 7) is 9.78. The molecule has 1 heterocycles. The monoisotopic (exact) mass is 181 g/mol. The molecule has 0 saturated carbocycles. The van der Waals surface area contributed by atoms with Crippen LogP contribution in [-0.4, -0.2) is 23.9 Å². The maximum atomic E-state index is 11.4. The molecule has 0 N–H and O–H groups in total. The first-order valence-electron chi connectivity index (χ1n) is 5.08. The van der Waals surface area contributed by atoms with Crippen LogP contribution in [0.4, 0.5) is 0 Å². The molecule has 1 fully saturated rings. The van der Waals surface area contributed by atoms with Gasteiger partial charge in [0.15, 0.2) is 0 Å². The van der Waals surface area contributed by atoms with Gasteiger partial charge in [-0.2, -0.15) is 0 Å². The molecule has 1 atom stereocenters. The lowest BCUT2D eigenvalue weighted by Gasteiger charge is -2.32. The molecule has 0 aliphatic carbocycles. The van der Waals surface area contributed by atoms with Crippen LogP contribution < -0.4 is 0 Å². The number of amides is 1. The van der Waals surface area contributed by atoms with E-state index < -0.39 is 0 Å². The molecule has 13 heavy (non-hydrogen) atoms. The van der Waals surface area contributed by atoms with Gasteiger partial charge in [-0.15, -0.1) is 0 Å². The van der Waals surface area contributed by atoms with Crippen LogP contribution in [-0.2, 0) is 4.79 Å². The average molecular weight is 181 g/mol. The molecular weight excluding hydrogens is 162 g/mol. The Hall–Kier alpha value is -0.790. The van der Waals surface area contributed by atoms with Gasteiger partial charge in [-0.1, -0.05) is 19.1 Å². The van der Waals surface area contributed by atoms with Crippen LogP contribution in [0.5, 0.6) is 0 Å². The van der Waals surface area contributed by atoms with Crippen LogP contribution in [0.25, 0.3) is 0 Å². The minimum Gasteiger partial charge on any atom is -0.342 e. The molecule has 1 aliphatic rings. The average Bonchev–Trinajstić information content (AvgIpc) is 2.17. The Kier molecular flexibility index (Phi) is 3.52. The van der Waals surface area contributed by atoms with Crippen molar-refractivity contribution in [2.45, 2.75) is 33.1 Å². The van der Waals surface area contributed by atoms with Gasteiger partial charge in [-0.3, -0.25) is 4.79 Å². The normalized spacial score (nSPS) is 22.9. The maximum absolute atomic E-state index is 11.4. The van der Waals surface area contributed by atoms with Gasteiger partial charge in [0, 0.05) is 19.5 Å². The van der Waals surface area contributed by atoms with Crippen molar-refractivity contribution >= 4 is 5.91 Å². The van der Waals surface area contributed by atoms with Gasteiger partial charge in [0.05, 0.1) is 0 Å². The van der Waals surface area contributed by atoms with E-state index in [4.69, 9.17) is 0 Å². The molecule has 1 saturated heterocycles. The Morgan fingerprint density at radius 1 is 1.62 bits per heavy atom. The summed E-state index contributed by atoms with van der Waals surface area (Å²) in [6, 6.07) is 0. The third-order valence-electron chi connectivity index (χ3n) is 2.77. The molecular formula is C11H19NO. The first kappa shape index (κ1) is 10.3. The van der Waals surface area contributed by atoms with E-state index in [0.717, 1.165) is 19.5 Å². The minimum absolute atomic E-state index is 0.283. The highest BCUT2D eigenvalue weighted by Gasteiger charge is 2.22. The molecule has 0 aromatic rings. The van der Waals surface area contributed by atoms with E-state index in [9.17, 15) is 4.79 Å².